The van der Waals surface area contributed by atoms with Crippen LogP contribution in [-0.2, 0) is 11.3 Å². The van der Waals surface area contributed by atoms with Gasteiger partial charge in [-0.2, -0.15) is 5.10 Å². The maximum Gasteiger partial charge on any atom is 0.234 e. The van der Waals surface area contributed by atoms with E-state index in [2.05, 4.69) is 15.7 Å². The molecule has 0 radical (unpaired) electrons. The smallest absolute Gasteiger partial charge is 0.234 e. The molecule has 1 heterocycles. The molecular formula is C17H24N4O2. The van der Waals surface area contributed by atoms with E-state index < -0.39 is 0 Å². The Balaban J connectivity index is 1.56. The average molecular weight is 316 g/mol. The zero-order valence-electron chi connectivity index (χ0n) is 13.7. The normalized spacial score (nSPS) is 11.9. The van der Waals surface area contributed by atoms with E-state index in [1.165, 1.54) is 0 Å². The molecule has 124 valence electrons. The summed E-state index contributed by atoms with van der Waals surface area (Å²) in [5, 5.41) is 10.2. The molecule has 0 unspecified atom stereocenters. The van der Waals surface area contributed by atoms with E-state index in [0.717, 1.165) is 17.9 Å². The number of hydrogen-bond acceptors (Lipinski definition) is 4. The molecule has 1 aromatic carbocycles. The summed E-state index contributed by atoms with van der Waals surface area (Å²) in [6, 6.07) is 9.72. The van der Waals surface area contributed by atoms with Gasteiger partial charge in [-0.05, 0) is 31.5 Å². The summed E-state index contributed by atoms with van der Waals surface area (Å²) in [4.78, 5) is 11.8. The van der Waals surface area contributed by atoms with Gasteiger partial charge in [0.05, 0.1) is 25.8 Å². The topological polar surface area (TPSA) is 68.2 Å². The summed E-state index contributed by atoms with van der Waals surface area (Å²) >= 11 is 0. The van der Waals surface area contributed by atoms with Crippen molar-refractivity contribution in [2.45, 2.75) is 26.4 Å². The first kappa shape index (κ1) is 17.0. The maximum atomic E-state index is 11.8. The molecule has 0 saturated heterocycles. The summed E-state index contributed by atoms with van der Waals surface area (Å²) in [6.45, 7) is 6.00. The standard InChI is InChI=1S/C17H24N4O2/c1-14-10-20-21(12-14)13-15(2)19-11-17(22)18-8-9-23-16-6-4-3-5-7-16/h3-7,10,12,15,19H,8-9,11,13H2,1-2H3,(H,18,22)/t15-/m0/s1. The highest BCUT2D eigenvalue weighted by Gasteiger charge is 2.06. The highest BCUT2D eigenvalue weighted by Crippen LogP contribution is 2.07. The van der Waals surface area contributed by atoms with Crippen molar-refractivity contribution < 1.29 is 9.53 Å². The molecule has 2 aromatic rings. The largest absolute Gasteiger partial charge is 0.492 e. The van der Waals surface area contributed by atoms with Gasteiger partial charge in [-0.15, -0.1) is 0 Å². The number of amides is 1. The molecule has 0 spiro atoms. The molecule has 0 fully saturated rings. The van der Waals surface area contributed by atoms with E-state index >= 15 is 0 Å². The minimum Gasteiger partial charge on any atom is -0.492 e. The van der Waals surface area contributed by atoms with Gasteiger partial charge < -0.3 is 15.4 Å². The van der Waals surface area contributed by atoms with Crippen molar-refractivity contribution in [3.8, 4) is 5.75 Å². The molecular weight excluding hydrogens is 292 g/mol. The molecule has 23 heavy (non-hydrogen) atoms. The molecule has 1 amide bonds. The maximum absolute atomic E-state index is 11.8. The Kier molecular flexibility index (Phi) is 6.62. The Morgan fingerprint density at radius 2 is 2.13 bits per heavy atom. The Labute approximate surface area is 136 Å². The fourth-order valence-electron chi connectivity index (χ4n) is 2.12. The van der Waals surface area contributed by atoms with Gasteiger partial charge in [0.2, 0.25) is 5.91 Å². The van der Waals surface area contributed by atoms with Gasteiger partial charge in [-0.25, -0.2) is 0 Å². The van der Waals surface area contributed by atoms with Crippen molar-refractivity contribution >= 4 is 5.91 Å². The van der Waals surface area contributed by atoms with Crippen LogP contribution in [0.15, 0.2) is 42.7 Å². The van der Waals surface area contributed by atoms with Crippen LogP contribution in [0.4, 0.5) is 0 Å². The van der Waals surface area contributed by atoms with Gasteiger partial charge in [-0.1, -0.05) is 18.2 Å². The monoisotopic (exact) mass is 316 g/mol. The molecule has 0 aliphatic heterocycles. The molecule has 1 aromatic heterocycles. The fourth-order valence-corrected chi connectivity index (χ4v) is 2.12. The summed E-state index contributed by atoms with van der Waals surface area (Å²) in [5.41, 5.74) is 1.13. The summed E-state index contributed by atoms with van der Waals surface area (Å²) in [5.74, 6) is 0.771. The minimum absolute atomic E-state index is 0.0369. The van der Waals surface area contributed by atoms with Crippen LogP contribution in [0.3, 0.4) is 0 Å². The predicted octanol–water partition coefficient (Wildman–Crippen LogP) is 1.36. The van der Waals surface area contributed by atoms with Crippen LogP contribution in [0.25, 0.3) is 0 Å². The number of hydrogen-bond donors (Lipinski definition) is 2. The minimum atomic E-state index is -0.0369. The number of rotatable bonds is 9. The Morgan fingerprint density at radius 1 is 1.35 bits per heavy atom. The van der Waals surface area contributed by atoms with Crippen molar-refractivity contribution in [1.82, 2.24) is 20.4 Å². The van der Waals surface area contributed by atoms with Crippen LogP contribution in [0.1, 0.15) is 12.5 Å². The quantitative estimate of drug-likeness (QED) is 0.686. The number of nitrogens with one attached hydrogen (secondary N) is 2. The van der Waals surface area contributed by atoms with Gasteiger partial charge in [0.1, 0.15) is 12.4 Å². The number of nitrogens with zero attached hydrogens (tertiary/aromatic N) is 2. The third-order valence-corrected chi connectivity index (χ3v) is 3.27. The molecule has 0 bridgehead atoms. The van der Waals surface area contributed by atoms with Crippen LogP contribution in [0.2, 0.25) is 0 Å². The molecule has 0 saturated carbocycles. The number of aryl methyl sites for hydroxylation is 1. The molecule has 1 atom stereocenters. The second-order valence-corrected chi connectivity index (χ2v) is 5.53. The zero-order valence-corrected chi connectivity index (χ0v) is 13.7. The number of benzene rings is 1. The number of carbonyl (C=O) groups is 1. The molecule has 2 rings (SSSR count). The predicted molar refractivity (Wildman–Crippen MR) is 89.4 cm³/mol. The first-order valence-electron chi connectivity index (χ1n) is 7.80. The second kappa shape index (κ2) is 8.95. The van der Waals surface area contributed by atoms with Crippen molar-refractivity contribution in [2.24, 2.45) is 0 Å². The highest BCUT2D eigenvalue weighted by molar-refractivity contribution is 5.77. The van der Waals surface area contributed by atoms with Crippen LogP contribution >= 0.6 is 0 Å². The number of aromatic nitrogens is 2. The lowest BCUT2D eigenvalue weighted by Gasteiger charge is -2.14. The number of carbonyl (C=O) groups excluding carboxylic acids is 1. The van der Waals surface area contributed by atoms with E-state index in [-0.39, 0.29) is 18.5 Å². The average Bonchev–Trinajstić information content (AvgIpc) is 2.95. The van der Waals surface area contributed by atoms with Crippen molar-refractivity contribution in [1.29, 1.82) is 0 Å². The van der Waals surface area contributed by atoms with E-state index in [0.29, 0.717) is 13.2 Å². The zero-order chi connectivity index (χ0) is 16.5. The SMILES string of the molecule is Cc1cnn(C[C@H](C)NCC(=O)NCCOc2ccccc2)c1. The lowest BCUT2D eigenvalue weighted by Crippen LogP contribution is -2.40. The summed E-state index contributed by atoms with van der Waals surface area (Å²) in [6.07, 6.45) is 3.81. The summed E-state index contributed by atoms with van der Waals surface area (Å²) < 4.78 is 7.39. The van der Waals surface area contributed by atoms with Crippen molar-refractivity contribution in [3.63, 3.8) is 0 Å². The van der Waals surface area contributed by atoms with Crippen LogP contribution < -0.4 is 15.4 Å². The fraction of sp³-hybridized carbons (Fsp3) is 0.412. The molecule has 0 aliphatic carbocycles. The molecule has 0 aliphatic rings. The van der Waals surface area contributed by atoms with E-state index in [1.54, 1.807) is 0 Å². The third-order valence-electron chi connectivity index (χ3n) is 3.27. The lowest BCUT2D eigenvalue weighted by atomic mass is 10.3. The molecule has 2 N–H and O–H groups in total. The van der Waals surface area contributed by atoms with Crippen LogP contribution in [-0.4, -0.2) is 41.4 Å². The molecule has 6 nitrogen and oxygen atoms in total. The van der Waals surface area contributed by atoms with Crippen LogP contribution in [0.5, 0.6) is 5.75 Å². The highest BCUT2D eigenvalue weighted by atomic mass is 16.5. The molecule has 6 heteroatoms. The van der Waals surface area contributed by atoms with E-state index in [1.807, 2.05) is 61.3 Å². The number of ether oxygens (including phenoxy) is 1. The van der Waals surface area contributed by atoms with Crippen molar-refractivity contribution in [2.75, 3.05) is 19.7 Å². The van der Waals surface area contributed by atoms with Crippen molar-refractivity contribution in [3.05, 3.63) is 48.3 Å². The first-order valence-corrected chi connectivity index (χ1v) is 7.80. The Bertz CT molecular complexity index is 598. The van der Waals surface area contributed by atoms with E-state index in [9.17, 15) is 4.79 Å². The summed E-state index contributed by atoms with van der Waals surface area (Å²) in [7, 11) is 0. The van der Waals surface area contributed by atoms with Gasteiger partial charge >= 0.3 is 0 Å². The number of para-hydroxylation sites is 1. The Hall–Kier alpha value is -2.34. The van der Waals surface area contributed by atoms with Gasteiger partial charge in [0.15, 0.2) is 0 Å². The lowest BCUT2D eigenvalue weighted by molar-refractivity contribution is -0.120. The Morgan fingerprint density at radius 3 is 2.83 bits per heavy atom. The second-order valence-electron chi connectivity index (χ2n) is 5.53. The van der Waals surface area contributed by atoms with Crippen LogP contribution in [0, 0.1) is 6.92 Å². The third kappa shape index (κ3) is 6.52. The van der Waals surface area contributed by atoms with Gasteiger partial charge in [0.25, 0.3) is 0 Å². The first-order chi connectivity index (χ1) is 11.1. The van der Waals surface area contributed by atoms with Gasteiger partial charge in [-0.3, -0.25) is 9.48 Å². The van der Waals surface area contributed by atoms with E-state index in [4.69, 9.17) is 4.74 Å². The van der Waals surface area contributed by atoms with Gasteiger partial charge in [0, 0.05) is 12.2 Å².